The third-order valence-corrected chi connectivity index (χ3v) is 2.91. The molecule has 0 aliphatic heterocycles. The molecular weight excluding hydrogens is 206 g/mol. The summed E-state index contributed by atoms with van der Waals surface area (Å²) in [5.41, 5.74) is 1.01. The fourth-order valence-electron chi connectivity index (χ4n) is 1.85. The number of halogens is 1. The molecule has 2 aromatic carbocycles. The van der Waals surface area contributed by atoms with Gasteiger partial charge in [0.1, 0.15) is 0 Å². The fraction of sp³-hybridized carbons (Fsp3) is 0. The minimum atomic E-state index is 0.755. The van der Waals surface area contributed by atoms with Gasteiger partial charge in [-0.3, -0.25) is 4.98 Å². The first-order valence-corrected chi connectivity index (χ1v) is 5.16. The Balaban J connectivity index is 2.60. The molecule has 0 aliphatic rings. The second-order valence-corrected chi connectivity index (χ2v) is 3.88. The molecule has 15 heavy (non-hydrogen) atoms. The number of nitrogens with zero attached hydrogens (tertiary/aromatic N) is 1. The van der Waals surface area contributed by atoms with Crippen LogP contribution in [0.2, 0.25) is 5.02 Å². The summed E-state index contributed by atoms with van der Waals surface area (Å²) in [6.07, 6.45) is 1.83. The van der Waals surface area contributed by atoms with E-state index >= 15 is 0 Å². The van der Waals surface area contributed by atoms with Gasteiger partial charge in [0, 0.05) is 22.0 Å². The average Bonchev–Trinajstić information content (AvgIpc) is 2.29. The molecule has 3 aromatic rings. The Labute approximate surface area is 92.3 Å². The SMILES string of the molecule is Clc1cccc2c1cnc1ccccc12. The number of para-hydroxylation sites is 1. The second kappa shape index (κ2) is 3.21. The Bertz CT molecular complexity index is 646. The van der Waals surface area contributed by atoms with Gasteiger partial charge in [0.2, 0.25) is 0 Å². The van der Waals surface area contributed by atoms with Gasteiger partial charge >= 0.3 is 0 Å². The highest BCUT2D eigenvalue weighted by molar-refractivity contribution is 6.36. The Morgan fingerprint density at radius 2 is 1.60 bits per heavy atom. The van der Waals surface area contributed by atoms with E-state index in [-0.39, 0.29) is 0 Å². The average molecular weight is 214 g/mol. The van der Waals surface area contributed by atoms with Crippen LogP contribution in [-0.4, -0.2) is 4.98 Å². The summed E-state index contributed by atoms with van der Waals surface area (Å²) < 4.78 is 0. The van der Waals surface area contributed by atoms with Crippen molar-refractivity contribution in [2.75, 3.05) is 0 Å². The quantitative estimate of drug-likeness (QED) is 0.514. The largest absolute Gasteiger partial charge is 0.256 e. The normalized spacial score (nSPS) is 11.0. The molecule has 0 amide bonds. The highest BCUT2D eigenvalue weighted by Gasteiger charge is 2.02. The second-order valence-electron chi connectivity index (χ2n) is 3.48. The molecule has 0 unspecified atom stereocenters. The van der Waals surface area contributed by atoms with Crippen molar-refractivity contribution in [2.45, 2.75) is 0 Å². The van der Waals surface area contributed by atoms with Crippen molar-refractivity contribution in [2.24, 2.45) is 0 Å². The molecule has 1 nitrogen and oxygen atoms in total. The topological polar surface area (TPSA) is 12.9 Å². The van der Waals surface area contributed by atoms with E-state index in [2.05, 4.69) is 17.1 Å². The standard InChI is InChI=1S/C13H8ClN/c14-12-6-3-5-9-10-4-1-2-7-13(10)15-8-11(9)12/h1-8H. The summed E-state index contributed by atoms with van der Waals surface area (Å²) in [7, 11) is 0. The number of rotatable bonds is 0. The van der Waals surface area contributed by atoms with Crippen molar-refractivity contribution < 1.29 is 0 Å². The molecule has 0 radical (unpaired) electrons. The van der Waals surface area contributed by atoms with Crippen LogP contribution in [0.3, 0.4) is 0 Å². The lowest BCUT2D eigenvalue weighted by Crippen LogP contribution is -1.81. The summed E-state index contributed by atoms with van der Waals surface area (Å²) in [5.74, 6) is 0. The molecule has 0 atom stereocenters. The fourth-order valence-corrected chi connectivity index (χ4v) is 2.07. The Hall–Kier alpha value is -1.60. The molecule has 0 fully saturated rings. The van der Waals surface area contributed by atoms with Crippen molar-refractivity contribution in [1.29, 1.82) is 0 Å². The van der Waals surface area contributed by atoms with E-state index < -0.39 is 0 Å². The molecule has 3 rings (SSSR count). The molecule has 0 bridgehead atoms. The molecular formula is C13H8ClN. The molecule has 2 heteroatoms. The number of pyridine rings is 1. The summed E-state index contributed by atoms with van der Waals surface area (Å²) in [6, 6.07) is 14.0. The van der Waals surface area contributed by atoms with Crippen molar-refractivity contribution in [3.05, 3.63) is 53.7 Å². The number of hydrogen-bond acceptors (Lipinski definition) is 1. The Morgan fingerprint density at radius 1 is 0.800 bits per heavy atom. The van der Waals surface area contributed by atoms with E-state index in [9.17, 15) is 0 Å². The van der Waals surface area contributed by atoms with E-state index in [4.69, 9.17) is 11.6 Å². The maximum absolute atomic E-state index is 6.12. The van der Waals surface area contributed by atoms with Crippen molar-refractivity contribution in [3.8, 4) is 0 Å². The van der Waals surface area contributed by atoms with Gasteiger partial charge in [-0.2, -0.15) is 0 Å². The van der Waals surface area contributed by atoms with Gasteiger partial charge in [-0.25, -0.2) is 0 Å². The van der Waals surface area contributed by atoms with Crippen LogP contribution in [0.4, 0.5) is 0 Å². The summed E-state index contributed by atoms with van der Waals surface area (Å²) in [5, 5.41) is 4.08. The molecule has 0 aliphatic carbocycles. The zero-order valence-corrected chi connectivity index (χ0v) is 8.70. The van der Waals surface area contributed by atoms with Gasteiger partial charge in [-0.1, -0.05) is 41.9 Å². The van der Waals surface area contributed by atoms with Crippen LogP contribution < -0.4 is 0 Å². The Morgan fingerprint density at radius 3 is 2.53 bits per heavy atom. The van der Waals surface area contributed by atoms with E-state index in [0.29, 0.717) is 0 Å². The summed E-state index contributed by atoms with van der Waals surface area (Å²) in [6.45, 7) is 0. The van der Waals surface area contributed by atoms with Gasteiger partial charge in [0.15, 0.2) is 0 Å². The third kappa shape index (κ3) is 1.28. The van der Waals surface area contributed by atoms with Gasteiger partial charge in [0.05, 0.1) is 5.52 Å². The molecule has 1 heterocycles. The number of hydrogen-bond donors (Lipinski definition) is 0. The zero-order chi connectivity index (χ0) is 10.3. The highest BCUT2D eigenvalue weighted by Crippen LogP contribution is 2.28. The minimum Gasteiger partial charge on any atom is -0.256 e. The summed E-state index contributed by atoms with van der Waals surface area (Å²) in [4.78, 5) is 4.39. The predicted molar refractivity (Wildman–Crippen MR) is 64.3 cm³/mol. The monoisotopic (exact) mass is 213 g/mol. The summed E-state index contributed by atoms with van der Waals surface area (Å²) >= 11 is 6.12. The third-order valence-electron chi connectivity index (χ3n) is 2.58. The molecule has 72 valence electrons. The number of fused-ring (bicyclic) bond motifs is 3. The van der Waals surface area contributed by atoms with Crippen LogP contribution in [0.25, 0.3) is 21.7 Å². The van der Waals surface area contributed by atoms with Gasteiger partial charge in [0.25, 0.3) is 0 Å². The van der Waals surface area contributed by atoms with Gasteiger partial charge in [-0.15, -0.1) is 0 Å². The van der Waals surface area contributed by atoms with E-state index in [1.54, 1.807) is 0 Å². The molecule has 0 saturated heterocycles. The van der Waals surface area contributed by atoms with E-state index in [0.717, 1.165) is 26.7 Å². The predicted octanol–water partition coefficient (Wildman–Crippen LogP) is 4.04. The number of aromatic nitrogens is 1. The minimum absolute atomic E-state index is 0.755. The first kappa shape index (κ1) is 8.69. The van der Waals surface area contributed by atoms with Crippen LogP contribution in [-0.2, 0) is 0 Å². The lowest BCUT2D eigenvalue weighted by molar-refractivity contribution is 1.44. The van der Waals surface area contributed by atoms with Gasteiger partial charge in [-0.05, 0) is 17.5 Å². The van der Waals surface area contributed by atoms with Crippen LogP contribution in [0.15, 0.2) is 48.7 Å². The smallest absolute Gasteiger partial charge is 0.0708 e. The maximum atomic E-state index is 6.12. The van der Waals surface area contributed by atoms with Gasteiger partial charge < -0.3 is 0 Å². The first-order valence-electron chi connectivity index (χ1n) is 4.78. The van der Waals surface area contributed by atoms with Crippen LogP contribution in [0.5, 0.6) is 0 Å². The van der Waals surface area contributed by atoms with Crippen LogP contribution in [0, 0.1) is 0 Å². The van der Waals surface area contributed by atoms with Crippen molar-refractivity contribution >= 4 is 33.3 Å². The molecule has 0 saturated carbocycles. The first-order chi connectivity index (χ1) is 7.36. The zero-order valence-electron chi connectivity index (χ0n) is 7.94. The molecule has 1 aromatic heterocycles. The molecule has 0 spiro atoms. The highest BCUT2D eigenvalue weighted by atomic mass is 35.5. The van der Waals surface area contributed by atoms with Crippen molar-refractivity contribution in [1.82, 2.24) is 4.98 Å². The van der Waals surface area contributed by atoms with Crippen LogP contribution >= 0.6 is 11.6 Å². The Kier molecular flexibility index (Phi) is 1.86. The maximum Gasteiger partial charge on any atom is 0.0708 e. The van der Waals surface area contributed by atoms with E-state index in [1.807, 2.05) is 36.5 Å². The lowest BCUT2D eigenvalue weighted by atomic mass is 10.1. The van der Waals surface area contributed by atoms with Crippen molar-refractivity contribution in [3.63, 3.8) is 0 Å². The van der Waals surface area contributed by atoms with Crippen LogP contribution in [0.1, 0.15) is 0 Å². The van der Waals surface area contributed by atoms with E-state index in [1.165, 1.54) is 0 Å². The number of benzene rings is 2. The lowest BCUT2D eigenvalue weighted by Gasteiger charge is -2.03. The molecule has 0 N–H and O–H groups in total.